The largest absolute Gasteiger partial charge is 0.385 e. The minimum Gasteiger partial charge on any atom is -0.385 e. The van der Waals surface area contributed by atoms with Crippen LogP contribution in [0.3, 0.4) is 0 Å². The molecule has 0 aromatic heterocycles. The standard InChI is InChI=1S/C17H17BrN2O/c18-13-7-5-12(6-8-13)11-20-17(21)15-9-10-19-16-4-2-1-3-14(15)16/h1-8,15,19H,9-11H2,(H,20,21). The number of carbonyl (C=O) groups is 1. The predicted molar refractivity (Wildman–Crippen MR) is 88.3 cm³/mol. The molecule has 1 unspecified atom stereocenters. The van der Waals surface area contributed by atoms with Crippen LogP contribution in [0.25, 0.3) is 0 Å². The van der Waals surface area contributed by atoms with Gasteiger partial charge in [0.15, 0.2) is 0 Å². The molecule has 4 heteroatoms. The van der Waals surface area contributed by atoms with E-state index in [0.717, 1.165) is 34.3 Å². The second kappa shape index (κ2) is 6.31. The maximum Gasteiger partial charge on any atom is 0.227 e. The lowest BCUT2D eigenvalue weighted by Crippen LogP contribution is -2.32. The van der Waals surface area contributed by atoms with Gasteiger partial charge in [0.1, 0.15) is 0 Å². The molecular weight excluding hydrogens is 328 g/mol. The highest BCUT2D eigenvalue weighted by Gasteiger charge is 2.25. The number of hydrogen-bond donors (Lipinski definition) is 2. The van der Waals surface area contributed by atoms with Gasteiger partial charge < -0.3 is 10.6 Å². The van der Waals surface area contributed by atoms with Gasteiger partial charge in [-0.2, -0.15) is 0 Å². The number of rotatable bonds is 3. The molecule has 1 aliphatic heterocycles. The minimum absolute atomic E-state index is 0.0575. The van der Waals surface area contributed by atoms with E-state index in [0.29, 0.717) is 6.54 Å². The first-order valence-corrected chi connectivity index (χ1v) is 7.88. The average molecular weight is 345 g/mol. The molecule has 108 valence electrons. The Hall–Kier alpha value is -1.81. The molecule has 1 amide bonds. The molecule has 2 aromatic rings. The van der Waals surface area contributed by atoms with Gasteiger partial charge >= 0.3 is 0 Å². The van der Waals surface area contributed by atoms with Gasteiger partial charge in [-0.3, -0.25) is 4.79 Å². The number of benzene rings is 2. The topological polar surface area (TPSA) is 41.1 Å². The third kappa shape index (κ3) is 3.27. The van der Waals surface area contributed by atoms with Gasteiger partial charge in [-0.1, -0.05) is 46.3 Å². The Morgan fingerprint density at radius 3 is 2.76 bits per heavy atom. The van der Waals surface area contributed by atoms with Crippen molar-refractivity contribution >= 4 is 27.5 Å². The van der Waals surface area contributed by atoms with Crippen LogP contribution in [0.2, 0.25) is 0 Å². The van der Waals surface area contributed by atoms with Crippen molar-refractivity contribution in [2.45, 2.75) is 18.9 Å². The molecule has 0 saturated heterocycles. The Labute approximate surface area is 132 Å². The smallest absolute Gasteiger partial charge is 0.227 e. The molecule has 1 heterocycles. The lowest BCUT2D eigenvalue weighted by molar-refractivity contribution is -0.122. The highest BCUT2D eigenvalue weighted by atomic mass is 79.9. The molecule has 0 radical (unpaired) electrons. The van der Waals surface area contributed by atoms with Crippen LogP contribution < -0.4 is 10.6 Å². The molecule has 0 aliphatic carbocycles. The summed E-state index contributed by atoms with van der Waals surface area (Å²) in [6, 6.07) is 16.0. The normalized spacial score (nSPS) is 16.7. The maximum absolute atomic E-state index is 12.5. The molecule has 2 N–H and O–H groups in total. The fourth-order valence-electron chi connectivity index (χ4n) is 2.66. The summed E-state index contributed by atoms with van der Waals surface area (Å²) < 4.78 is 1.05. The van der Waals surface area contributed by atoms with E-state index in [1.165, 1.54) is 0 Å². The Morgan fingerprint density at radius 1 is 1.19 bits per heavy atom. The highest BCUT2D eigenvalue weighted by Crippen LogP contribution is 2.31. The Balaban J connectivity index is 1.68. The molecule has 21 heavy (non-hydrogen) atoms. The number of anilines is 1. The van der Waals surface area contributed by atoms with E-state index in [9.17, 15) is 4.79 Å². The van der Waals surface area contributed by atoms with Gasteiger partial charge in [0.25, 0.3) is 0 Å². The molecule has 0 fully saturated rings. The number of halogens is 1. The van der Waals surface area contributed by atoms with Crippen LogP contribution in [-0.4, -0.2) is 12.5 Å². The molecule has 3 rings (SSSR count). The van der Waals surface area contributed by atoms with E-state index < -0.39 is 0 Å². The molecule has 0 spiro atoms. The van der Waals surface area contributed by atoms with Crippen LogP contribution >= 0.6 is 15.9 Å². The lowest BCUT2D eigenvalue weighted by atomic mass is 9.90. The van der Waals surface area contributed by atoms with Crippen LogP contribution in [0.4, 0.5) is 5.69 Å². The van der Waals surface area contributed by atoms with Gasteiger partial charge in [0.05, 0.1) is 5.92 Å². The van der Waals surface area contributed by atoms with Crippen LogP contribution in [0.5, 0.6) is 0 Å². The van der Waals surface area contributed by atoms with Crippen molar-refractivity contribution in [3.05, 3.63) is 64.1 Å². The molecule has 0 saturated carbocycles. The van der Waals surface area contributed by atoms with E-state index in [-0.39, 0.29) is 11.8 Å². The van der Waals surface area contributed by atoms with Crippen molar-refractivity contribution in [1.82, 2.24) is 5.32 Å². The van der Waals surface area contributed by atoms with Crippen molar-refractivity contribution in [2.24, 2.45) is 0 Å². The summed E-state index contributed by atoms with van der Waals surface area (Å²) in [5.41, 5.74) is 3.28. The quantitative estimate of drug-likeness (QED) is 0.891. The van der Waals surface area contributed by atoms with E-state index in [1.54, 1.807) is 0 Å². The zero-order valence-corrected chi connectivity index (χ0v) is 13.2. The second-order valence-electron chi connectivity index (χ2n) is 5.20. The average Bonchev–Trinajstić information content (AvgIpc) is 2.53. The van der Waals surface area contributed by atoms with Crippen molar-refractivity contribution in [3.8, 4) is 0 Å². The number of para-hydroxylation sites is 1. The van der Waals surface area contributed by atoms with Crippen molar-refractivity contribution in [2.75, 3.05) is 11.9 Å². The molecule has 0 bridgehead atoms. The van der Waals surface area contributed by atoms with E-state index >= 15 is 0 Å². The zero-order valence-electron chi connectivity index (χ0n) is 11.6. The Kier molecular flexibility index (Phi) is 4.25. The maximum atomic E-state index is 12.5. The second-order valence-corrected chi connectivity index (χ2v) is 6.12. The summed E-state index contributed by atoms with van der Waals surface area (Å²) in [7, 11) is 0. The van der Waals surface area contributed by atoms with Crippen LogP contribution in [-0.2, 0) is 11.3 Å². The number of amides is 1. The number of carbonyl (C=O) groups excluding carboxylic acids is 1. The first-order valence-electron chi connectivity index (χ1n) is 7.09. The van der Waals surface area contributed by atoms with E-state index in [4.69, 9.17) is 0 Å². The number of fused-ring (bicyclic) bond motifs is 1. The zero-order chi connectivity index (χ0) is 14.7. The third-order valence-electron chi connectivity index (χ3n) is 3.78. The summed E-state index contributed by atoms with van der Waals surface area (Å²) >= 11 is 3.41. The molecular formula is C17H17BrN2O. The summed E-state index contributed by atoms with van der Waals surface area (Å²) in [5, 5.41) is 6.39. The SMILES string of the molecule is O=C(NCc1ccc(Br)cc1)C1CCNc2ccccc21. The molecule has 1 atom stereocenters. The van der Waals surface area contributed by atoms with Gasteiger partial charge in [-0.05, 0) is 35.7 Å². The van der Waals surface area contributed by atoms with Gasteiger partial charge in [0, 0.05) is 23.2 Å². The first kappa shape index (κ1) is 14.1. The van der Waals surface area contributed by atoms with Crippen LogP contribution in [0.1, 0.15) is 23.5 Å². The molecule has 2 aromatic carbocycles. The van der Waals surface area contributed by atoms with Crippen molar-refractivity contribution in [1.29, 1.82) is 0 Å². The van der Waals surface area contributed by atoms with Crippen LogP contribution in [0.15, 0.2) is 53.0 Å². The molecule has 1 aliphatic rings. The van der Waals surface area contributed by atoms with Crippen LogP contribution in [0, 0.1) is 0 Å². The van der Waals surface area contributed by atoms with Gasteiger partial charge in [-0.25, -0.2) is 0 Å². The fraction of sp³-hybridized carbons (Fsp3) is 0.235. The summed E-state index contributed by atoms with van der Waals surface area (Å²) in [5.74, 6) is 0.0461. The molecule has 3 nitrogen and oxygen atoms in total. The Morgan fingerprint density at radius 2 is 1.95 bits per heavy atom. The lowest BCUT2D eigenvalue weighted by Gasteiger charge is -2.25. The summed E-state index contributed by atoms with van der Waals surface area (Å²) in [6.07, 6.45) is 0.836. The minimum atomic E-state index is -0.0575. The number of hydrogen-bond acceptors (Lipinski definition) is 2. The monoisotopic (exact) mass is 344 g/mol. The van der Waals surface area contributed by atoms with Crippen molar-refractivity contribution in [3.63, 3.8) is 0 Å². The summed E-state index contributed by atoms with van der Waals surface area (Å²) in [4.78, 5) is 12.5. The summed E-state index contributed by atoms with van der Waals surface area (Å²) in [6.45, 7) is 1.41. The fourth-order valence-corrected chi connectivity index (χ4v) is 2.92. The van der Waals surface area contributed by atoms with Gasteiger partial charge in [-0.15, -0.1) is 0 Å². The third-order valence-corrected chi connectivity index (χ3v) is 4.31. The Bertz CT molecular complexity index is 639. The predicted octanol–water partition coefficient (Wildman–Crippen LogP) is 3.66. The van der Waals surface area contributed by atoms with Gasteiger partial charge in [0.2, 0.25) is 5.91 Å². The highest BCUT2D eigenvalue weighted by molar-refractivity contribution is 9.10. The van der Waals surface area contributed by atoms with E-state index in [2.05, 4.69) is 26.6 Å². The van der Waals surface area contributed by atoms with Crippen molar-refractivity contribution < 1.29 is 4.79 Å². The number of nitrogens with one attached hydrogen (secondary N) is 2. The first-order chi connectivity index (χ1) is 10.2. The van der Waals surface area contributed by atoms with E-state index in [1.807, 2.05) is 48.5 Å².